The van der Waals surface area contributed by atoms with Gasteiger partial charge in [-0.25, -0.2) is 4.98 Å². The van der Waals surface area contributed by atoms with Crippen molar-refractivity contribution in [1.82, 2.24) is 9.55 Å². The molecule has 0 radical (unpaired) electrons. The lowest BCUT2D eigenvalue weighted by atomic mass is 10.2. The second-order valence-electron chi connectivity index (χ2n) is 3.17. The van der Waals surface area contributed by atoms with Crippen LogP contribution in [0.2, 0.25) is 5.15 Å². The highest BCUT2D eigenvalue weighted by atomic mass is 35.5. The fraction of sp³-hybridized carbons (Fsp3) is 0.556. The molecule has 1 rings (SSSR count). The third-order valence-electron chi connectivity index (χ3n) is 1.84. The SMILES string of the molecule is CCn1c(C(C)C)nc(Cl)cc1=O. The van der Waals surface area contributed by atoms with Gasteiger partial charge in [0, 0.05) is 18.5 Å². The van der Waals surface area contributed by atoms with E-state index in [1.54, 1.807) is 4.57 Å². The molecule has 0 N–H and O–H groups in total. The van der Waals surface area contributed by atoms with E-state index in [2.05, 4.69) is 4.98 Å². The fourth-order valence-corrected chi connectivity index (χ4v) is 1.43. The van der Waals surface area contributed by atoms with Crippen molar-refractivity contribution in [3.63, 3.8) is 0 Å². The van der Waals surface area contributed by atoms with Gasteiger partial charge in [-0.05, 0) is 6.92 Å². The topological polar surface area (TPSA) is 34.9 Å². The first kappa shape index (κ1) is 10.3. The molecule has 1 heterocycles. The summed E-state index contributed by atoms with van der Waals surface area (Å²) in [5.74, 6) is 0.964. The van der Waals surface area contributed by atoms with Crippen molar-refractivity contribution in [2.24, 2.45) is 0 Å². The third kappa shape index (κ3) is 2.10. The van der Waals surface area contributed by atoms with Gasteiger partial charge in [-0.3, -0.25) is 9.36 Å². The highest BCUT2D eigenvalue weighted by Crippen LogP contribution is 2.12. The van der Waals surface area contributed by atoms with Crippen LogP contribution in [0.1, 0.15) is 32.5 Å². The summed E-state index contributed by atoms with van der Waals surface area (Å²) in [6.07, 6.45) is 0. The van der Waals surface area contributed by atoms with Crippen LogP contribution in [0.25, 0.3) is 0 Å². The summed E-state index contributed by atoms with van der Waals surface area (Å²) in [5.41, 5.74) is -0.0776. The Hall–Kier alpha value is -0.830. The summed E-state index contributed by atoms with van der Waals surface area (Å²) >= 11 is 5.70. The van der Waals surface area contributed by atoms with Crippen molar-refractivity contribution in [2.75, 3.05) is 0 Å². The lowest BCUT2D eigenvalue weighted by Crippen LogP contribution is -2.24. The smallest absolute Gasteiger partial charge is 0.254 e. The molecule has 0 aliphatic rings. The van der Waals surface area contributed by atoms with Crippen LogP contribution in [0.5, 0.6) is 0 Å². The summed E-state index contributed by atoms with van der Waals surface area (Å²) in [6, 6.07) is 1.34. The Morgan fingerprint density at radius 3 is 2.69 bits per heavy atom. The van der Waals surface area contributed by atoms with Crippen LogP contribution in [0, 0.1) is 0 Å². The molecule has 0 aliphatic carbocycles. The van der Waals surface area contributed by atoms with Crippen molar-refractivity contribution in [2.45, 2.75) is 33.2 Å². The number of hydrogen-bond acceptors (Lipinski definition) is 2. The molecule has 13 heavy (non-hydrogen) atoms. The van der Waals surface area contributed by atoms with Crippen molar-refractivity contribution in [3.8, 4) is 0 Å². The summed E-state index contributed by atoms with van der Waals surface area (Å²) in [6.45, 7) is 6.54. The Morgan fingerprint density at radius 2 is 2.23 bits per heavy atom. The molecule has 3 nitrogen and oxygen atoms in total. The highest BCUT2D eigenvalue weighted by Gasteiger charge is 2.09. The molecular weight excluding hydrogens is 188 g/mol. The van der Waals surface area contributed by atoms with E-state index >= 15 is 0 Å². The zero-order valence-electron chi connectivity index (χ0n) is 8.04. The number of aromatic nitrogens is 2. The van der Waals surface area contributed by atoms with Gasteiger partial charge in [0.15, 0.2) is 0 Å². The zero-order valence-corrected chi connectivity index (χ0v) is 8.80. The molecule has 0 amide bonds. The first-order chi connectivity index (χ1) is 6.06. The van der Waals surface area contributed by atoms with Crippen molar-refractivity contribution < 1.29 is 0 Å². The molecule has 0 aliphatic heterocycles. The second-order valence-corrected chi connectivity index (χ2v) is 3.56. The van der Waals surface area contributed by atoms with Crippen LogP contribution in [0.3, 0.4) is 0 Å². The van der Waals surface area contributed by atoms with E-state index in [0.29, 0.717) is 6.54 Å². The minimum atomic E-state index is -0.0776. The average molecular weight is 201 g/mol. The molecule has 0 spiro atoms. The van der Waals surface area contributed by atoms with Gasteiger partial charge >= 0.3 is 0 Å². The summed E-state index contributed by atoms with van der Waals surface area (Å²) < 4.78 is 1.64. The fourth-order valence-electron chi connectivity index (χ4n) is 1.25. The summed E-state index contributed by atoms with van der Waals surface area (Å²) in [5, 5.41) is 0.276. The maximum absolute atomic E-state index is 11.4. The first-order valence-electron chi connectivity index (χ1n) is 4.33. The molecule has 0 saturated heterocycles. The van der Waals surface area contributed by atoms with E-state index in [0.717, 1.165) is 5.82 Å². The molecule has 0 aromatic carbocycles. The van der Waals surface area contributed by atoms with E-state index in [1.165, 1.54) is 6.07 Å². The molecule has 0 atom stereocenters. The van der Waals surface area contributed by atoms with Crippen molar-refractivity contribution >= 4 is 11.6 Å². The zero-order chi connectivity index (χ0) is 10.0. The van der Waals surface area contributed by atoms with Crippen molar-refractivity contribution in [1.29, 1.82) is 0 Å². The Labute approximate surface area is 82.4 Å². The van der Waals surface area contributed by atoms with Crippen LogP contribution in [-0.2, 0) is 6.54 Å². The largest absolute Gasteiger partial charge is 0.297 e. The lowest BCUT2D eigenvalue weighted by molar-refractivity contribution is 0.608. The first-order valence-corrected chi connectivity index (χ1v) is 4.71. The van der Waals surface area contributed by atoms with Gasteiger partial charge < -0.3 is 0 Å². The molecule has 1 aromatic heterocycles. The van der Waals surface area contributed by atoms with Crippen LogP contribution in [0.15, 0.2) is 10.9 Å². The van der Waals surface area contributed by atoms with Gasteiger partial charge in [0.05, 0.1) is 0 Å². The predicted molar refractivity (Wildman–Crippen MR) is 53.3 cm³/mol. The van der Waals surface area contributed by atoms with E-state index < -0.39 is 0 Å². The normalized spacial score (nSPS) is 10.8. The Balaban J connectivity index is 3.38. The van der Waals surface area contributed by atoms with Gasteiger partial charge in [-0.1, -0.05) is 25.4 Å². The van der Waals surface area contributed by atoms with E-state index in [-0.39, 0.29) is 16.6 Å². The van der Waals surface area contributed by atoms with Gasteiger partial charge in [0.25, 0.3) is 5.56 Å². The summed E-state index contributed by atoms with van der Waals surface area (Å²) in [4.78, 5) is 15.6. The molecule has 0 fully saturated rings. The molecule has 0 saturated carbocycles. The maximum atomic E-state index is 11.4. The Bertz CT molecular complexity index is 357. The molecule has 4 heteroatoms. The van der Waals surface area contributed by atoms with Gasteiger partial charge in [0.1, 0.15) is 11.0 Å². The average Bonchev–Trinajstić information content (AvgIpc) is 2.02. The monoisotopic (exact) mass is 200 g/mol. The second kappa shape index (κ2) is 3.92. The van der Waals surface area contributed by atoms with Crippen LogP contribution in [0.4, 0.5) is 0 Å². The Kier molecular flexibility index (Phi) is 3.09. The van der Waals surface area contributed by atoms with Crippen LogP contribution < -0.4 is 5.56 Å². The number of halogens is 1. The standard InChI is InChI=1S/C9H13ClN2O/c1-4-12-8(13)5-7(10)11-9(12)6(2)3/h5-6H,4H2,1-3H3. The molecule has 1 aromatic rings. The molecular formula is C9H13ClN2O. The number of nitrogens with zero attached hydrogens (tertiary/aromatic N) is 2. The lowest BCUT2D eigenvalue weighted by Gasteiger charge is -2.12. The maximum Gasteiger partial charge on any atom is 0.254 e. The van der Waals surface area contributed by atoms with Crippen LogP contribution >= 0.6 is 11.6 Å². The van der Waals surface area contributed by atoms with E-state index in [4.69, 9.17) is 11.6 Å². The molecule has 0 bridgehead atoms. The van der Waals surface area contributed by atoms with Gasteiger partial charge in [0.2, 0.25) is 0 Å². The third-order valence-corrected chi connectivity index (χ3v) is 2.03. The van der Waals surface area contributed by atoms with Gasteiger partial charge in [-0.2, -0.15) is 0 Å². The molecule has 0 unspecified atom stereocenters. The summed E-state index contributed by atoms with van der Waals surface area (Å²) in [7, 11) is 0. The van der Waals surface area contributed by atoms with Crippen molar-refractivity contribution in [3.05, 3.63) is 27.4 Å². The number of rotatable bonds is 2. The quantitative estimate of drug-likeness (QED) is 0.685. The van der Waals surface area contributed by atoms with E-state index in [1.807, 2.05) is 20.8 Å². The van der Waals surface area contributed by atoms with Gasteiger partial charge in [-0.15, -0.1) is 0 Å². The minimum Gasteiger partial charge on any atom is -0.297 e. The van der Waals surface area contributed by atoms with E-state index in [9.17, 15) is 4.79 Å². The highest BCUT2D eigenvalue weighted by molar-refractivity contribution is 6.29. The Morgan fingerprint density at radius 1 is 1.62 bits per heavy atom. The molecule has 72 valence electrons. The predicted octanol–water partition coefficient (Wildman–Crippen LogP) is 2.04. The minimum absolute atomic E-state index is 0.0776. The number of hydrogen-bond donors (Lipinski definition) is 0. The van der Waals surface area contributed by atoms with Crippen LogP contribution in [-0.4, -0.2) is 9.55 Å².